The van der Waals surface area contributed by atoms with Crippen LogP contribution in [-0.4, -0.2) is 51.4 Å². The quantitative estimate of drug-likeness (QED) is 0.707. The Bertz CT molecular complexity index is 606. The molecule has 114 valence electrons. The van der Waals surface area contributed by atoms with Crippen LogP contribution < -0.4 is 10.6 Å². The number of piperazine rings is 1. The van der Waals surface area contributed by atoms with Crippen LogP contribution in [0.15, 0.2) is 35.7 Å². The summed E-state index contributed by atoms with van der Waals surface area (Å²) in [6, 6.07) is 9.30. The Morgan fingerprint density at radius 1 is 1.24 bits per heavy atom. The number of nitrogens with one attached hydrogen (secondary N) is 1. The Hall–Kier alpha value is -1.70. The highest BCUT2D eigenvalue weighted by Gasteiger charge is 2.27. The first-order chi connectivity index (χ1) is 9.97. The molecule has 1 aliphatic rings. The molecular formula is C14H20N3O3S+. The number of primary amides is 1. The van der Waals surface area contributed by atoms with Crippen molar-refractivity contribution in [1.82, 2.24) is 4.31 Å². The number of hydrogen-bond acceptors (Lipinski definition) is 3. The second-order valence-corrected chi connectivity index (χ2v) is 6.87. The van der Waals surface area contributed by atoms with E-state index in [0.717, 1.165) is 10.5 Å². The lowest BCUT2D eigenvalue weighted by Crippen LogP contribution is -3.15. The second-order valence-electron chi connectivity index (χ2n) is 5.05. The van der Waals surface area contributed by atoms with Gasteiger partial charge in [0.05, 0.1) is 26.2 Å². The van der Waals surface area contributed by atoms with Crippen LogP contribution >= 0.6 is 0 Å². The largest absolute Gasteiger partial charge is 0.365 e. The number of sulfonamides is 1. The van der Waals surface area contributed by atoms with E-state index in [1.54, 1.807) is 6.08 Å². The lowest BCUT2D eigenvalue weighted by atomic mass is 10.2. The van der Waals surface area contributed by atoms with Gasteiger partial charge in [0.2, 0.25) is 10.0 Å². The van der Waals surface area contributed by atoms with Crippen LogP contribution in [-0.2, 0) is 14.8 Å². The topological polar surface area (TPSA) is 84.9 Å². The molecule has 1 aromatic carbocycles. The summed E-state index contributed by atoms with van der Waals surface area (Å²) in [6.45, 7) is 2.27. The summed E-state index contributed by atoms with van der Waals surface area (Å²) in [4.78, 5) is 11.9. The van der Waals surface area contributed by atoms with E-state index >= 15 is 0 Å². The van der Waals surface area contributed by atoms with Crippen molar-refractivity contribution >= 4 is 22.0 Å². The van der Waals surface area contributed by atoms with E-state index in [1.807, 2.05) is 30.3 Å². The van der Waals surface area contributed by atoms with Crippen LogP contribution in [0.2, 0.25) is 0 Å². The molecule has 0 radical (unpaired) electrons. The summed E-state index contributed by atoms with van der Waals surface area (Å²) in [5.41, 5.74) is 6.00. The Morgan fingerprint density at radius 2 is 1.86 bits per heavy atom. The normalized spacial score (nSPS) is 18.1. The van der Waals surface area contributed by atoms with Gasteiger partial charge in [-0.1, -0.05) is 30.3 Å². The zero-order valence-corrected chi connectivity index (χ0v) is 12.6. The zero-order chi connectivity index (χ0) is 15.3. The van der Waals surface area contributed by atoms with Crippen LogP contribution in [0.3, 0.4) is 0 Å². The van der Waals surface area contributed by atoms with Crippen LogP contribution in [0.4, 0.5) is 0 Å². The first-order valence-electron chi connectivity index (χ1n) is 6.82. The van der Waals surface area contributed by atoms with E-state index in [0.29, 0.717) is 26.2 Å². The molecule has 1 fully saturated rings. The van der Waals surface area contributed by atoms with E-state index < -0.39 is 10.0 Å². The predicted molar refractivity (Wildman–Crippen MR) is 80.7 cm³/mol. The molecule has 0 bridgehead atoms. The molecule has 1 aliphatic heterocycles. The van der Waals surface area contributed by atoms with Gasteiger partial charge in [0, 0.05) is 5.41 Å². The molecular weight excluding hydrogens is 290 g/mol. The maximum Gasteiger partial charge on any atom is 0.272 e. The number of benzene rings is 1. The van der Waals surface area contributed by atoms with Crippen molar-refractivity contribution in [1.29, 1.82) is 0 Å². The molecule has 1 heterocycles. The number of carbonyl (C=O) groups excluding carboxylic acids is 1. The van der Waals surface area contributed by atoms with Crippen LogP contribution in [0.1, 0.15) is 5.56 Å². The number of nitrogens with two attached hydrogens (primary N) is 1. The van der Waals surface area contributed by atoms with E-state index in [1.165, 1.54) is 9.71 Å². The Morgan fingerprint density at radius 3 is 2.43 bits per heavy atom. The lowest BCUT2D eigenvalue weighted by Gasteiger charge is -2.29. The van der Waals surface area contributed by atoms with Gasteiger partial charge >= 0.3 is 0 Å². The second kappa shape index (κ2) is 6.84. The fraction of sp³-hybridized carbons (Fsp3) is 0.357. The Balaban J connectivity index is 1.95. The van der Waals surface area contributed by atoms with Gasteiger partial charge in [-0.05, 0) is 11.6 Å². The number of quaternary nitrogens is 1. The highest BCUT2D eigenvalue weighted by Crippen LogP contribution is 2.08. The van der Waals surface area contributed by atoms with Gasteiger partial charge in [0.15, 0.2) is 6.54 Å². The van der Waals surface area contributed by atoms with Gasteiger partial charge in [-0.3, -0.25) is 4.79 Å². The molecule has 0 aliphatic carbocycles. The third kappa shape index (κ3) is 4.66. The number of carbonyl (C=O) groups is 1. The van der Waals surface area contributed by atoms with Gasteiger partial charge < -0.3 is 10.6 Å². The molecule has 0 unspecified atom stereocenters. The molecule has 7 heteroatoms. The number of hydrogen-bond donors (Lipinski definition) is 2. The minimum Gasteiger partial charge on any atom is -0.365 e. The van der Waals surface area contributed by atoms with Crippen molar-refractivity contribution in [2.75, 3.05) is 32.7 Å². The third-order valence-corrected chi connectivity index (χ3v) is 5.01. The molecule has 21 heavy (non-hydrogen) atoms. The smallest absolute Gasteiger partial charge is 0.272 e. The average Bonchev–Trinajstić information content (AvgIpc) is 2.46. The maximum atomic E-state index is 12.2. The number of rotatable bonds is 5. The molecule has 1 aromatic rings. The summed E-state index contributed by atoms with van der Waals surface area (Å²) in [7, 11) is -3.41. The van der Waals surface area contributed by atoms with Crippen molar-refractivity contribution in [2.45, 2.75) is 0 Å². The molecule has 1 amide bonds. The van der Waals surface area contributed by atoms with Gasteiger partial charge in [-0.15, -0.1) is 0 Å². The summed E-state index contributed by atoms with van der Waals surface area (Å²) >= 11 is 0. The standard InChI is InChI=1S/C14H19N3O3S/c15-14(18)12-16-7-9-17(10-8-16)21(19,20)11-6-13-4-2-1-3-5-13/h1-6,11H,7-10,12H2,(H2,15,18)/p+1/b11-6+. The third-order valence-electron chi connectivity index (χ3n) is 3.45. The highest BCUT2D eigenvalue weighted by atomic mass is 32.2. The van der Waals surface area contributed by atoms with Crippen molar-refractivity contribution in [3.63, 3.8) is 0 Å². The molecule has 6 nitrogen and oxygen atoms in total. The first kappa shape index (κ1) is 15.7. The summed E-state index contributed by atoms with van der Waals surface area (Å²) in [5.74, 6) is -0.356. The van der Waals surface area contributed by atoms with Gasteiger partial charge in [0.1, 0.15) is 0 Å². The molecule has 0 spiro atoms. The van der Waals surface area contributed by atoms with E-state index in [9.17, 15) is 13.2 Å². The van der Waals surface area contributed by atoms with Crippen molar-refractivity contribution in [3.05, 3.63) is 41.3 Å². The number of nitrogens with zero attached hydrogens (tertiary/aromatic N) is 1. The van der Waals surface area contributed by atoms with Crippen LogP contribution in [0.5, 0.6) is 0 Å². The summed E-state index contributed by atoms with van der Waals surface area (Å²) in [6.07, 6.45) is 1.60. The van der Waals surface area contributed by atoms with Gasteiger partial charge in [-0.25, -0.2) is 8.42 Å². The SMILES string of the molecule is NC(=O)C[NH+]1CCN(S(=O)(=O)/C=C/c2ccccc2)CC1. The zero-order valence-electron chi connectivity index (χ0n) is 11.7. The Labute approximate surface area is 124 Å². The molecule has 0 atom stereocenters. The highest BCUT2D eigenvalue weighted by molar-refractivity contribution is 7.92. The van der Waals surface area contributed by atoms with Gasteiger partial charge in [-0.2, -0.15) is 4.31 Å². The monoisotopic (exact) mass is 310 g/mol. The van der Waals surface area contributed by atoms with Crippen molar-refractivity contribution < 1.29 is 18.1 Å². The van der Waals surface area contributed by atoms with Crippen LogP contribution in [0, 0.1) is 0 Å². The van der Waals surface area contributed by atoms with Crippen LogP contribution in [0.25, 0.3) is 6.08 Å². The van der Waals surface area contributed by atoms with E-state index in [-0.39, 0.29) is 12.5 Å². The fourth-order valence-corrected chi connectivity index (χ4v) is 3.49. The Kier molecular flexibility index (Phi) is 5.11. The van der Waals surface area contributed by atoms with E-state index in [4.69, 9.17) is 5.73 Å². The minimum atomic E-state index is -3.41. The average molecular weight is 310 g/mol. The molecule has 0 aromatic heterocycles. The summed E-state index contributed by atoms with van der Waals surface area (Å²) in [5, 5.41) is 1.24. The summed E-state index contributed by atoms with van der Waals surface area (Å²) < 4.78 is 25.9. The van der Waals surface area contributed by atoms with Crippen molar-refractivity contribution in [2.24, 2.45) is 5.73 Å². The predicted octanol–water partition coefficient (Wildman–Crippen LogP) is -1.33. The molecule has 0 saturated carbocycles. The van der Waals surface area contributed by atoms with Gasteiger partial charge in [0.25, 0.3) is 5.91 Å². The maximum absolute atomic E-state index is 12.2. The first-order valence-corrected chi connectivity index (χ1v) is 8.33. The molecule has 1 saturated heterocycles. The number of amides is 1. The lowest BCUT2D eigenvalue weighted by molar-refractivity contribution is -0.895. The minimum absolute atomic E-state index is 0.258. The van der Waals surface area contributed by atoms with E-state index in [2.05, 4.69) is 0 Å². The molecule has 2 rings (SSSR count). The molecule has 3 N–H and O–H groups in total. The fourth-order valence-electron chi connectivity index (χ4n) is 2.29. The van der Waals surface area contributed by atoms with Crippen molar-refractivity contribution in [3.8, 4) is 0 Å².